The van der Waals surface area contributed by atoms with Crippen molar-refractivity contribution in [3.63, 3.8) is 0 Å². The molecule has 1 aliphatic heterocycles. The van der Waals surface area contributed by atoms with Crippen LogP contribution in [0.5, 0.6) is 0 Å². The van der Waals surface area contributed by atoms with E-state index in [0.29, 0.717) is 30.3 Å². The molecule has 5 rings (SSSR count). The second-order valence-corrected chi connectivity index (χ2v) is 12.1. The van der Waals surface area contributed by atoms with Crippen molar-refractivity contribution in [2.24, 2.45) is 11.8 Å². The number of carboxylic acids is 1. The summed E-state index contributed by atoms with van der Waals surface area (Å²) in [6, 6.07) is 15.3. The molecule has 1 saturated heterocycles. The fourth-order valence-electron chi connectivity index (χ4n) is 6.43. The number of unbranched alkanes of at least 4 members (excludes halogenated alkanes) is 1. The SMILES string of the molecule is O=C(O)CCc1ccccc1C[C@H]1C(c2nc(C(=O)NCCCCC3CCCCC3)co2)OCO[C@H]1c1ccccc1Cl. The first kappa shape index (κ1) is 31.2. The molecular formula is C34H41ClN2O6. The molecule has 2 fully saturated rings. The molecule has 2 aromatic carbocycles. The Kier molecular flexibility index (Phi) is 11.3. The Hall–Kier alpha value is -3.20. The van der Waals surface area contributed by atoms with Gasteiger partial charge in [-0.25, -0.2) is 4.98 Å². The molecule has 8 nitrogen and oxygen atoms in total. The number of halogens is 1. The zero-order chi connectivity index (χ0) is 30.0. The number of aliphatic carboxylic acids is 1. The number of nitrogens with zero attached hydrogens (tertiary/aromatic N) is 1. The highest BCUT2D eigenvalue weighted by molar-refractivity contribution is 6.31. The molecule has 9 heteroatoms. The molecule has 2 aliphatic rings. The fourth-order valence-corrected chi connectivity index (χ4v) is 6.67. The Balaban J connectivity index is 1.29. The minimum atomic E-state index is -0.847. The van der Waals surface area contributed by atoms with Gasteiger partial charge in [0, 0.05) is 23.9 Å². The van der Waals surface area contributed by atoms with E-state index in [-0.39, 0.29) is 30.7 Å². The number of hydrogen-bond donors (Lipinski definition) is 2. The summed E-state index contributed by atoms with van der Waals surface area (Å²) >= 11 is 6.62. The lowest BCUT2D eigenvalue weighted by Crippen LogP contribution is -2.33. The lowest BCUT2D eigenvalue weighted by atomic mass is 9.83. The van der Waals surface area contributed by atoms with E-state index in [1.807, 2.05) is 48.5 Å². The Labute approximate surface area is 258 Å². The van der Waals surface area contributed by atoms with Crippen LogP contribution in [0, 0.1) is 11.8 Å². The maximum Gasteiger partial charge on any atom is 0.303 e. The number of ether oxygens (including phenoxy) is 2. The molecule has 1 aromatic heterocycles. The third-order valence-electron chi connectivity index (χ3n) is 8.71. The molecule has 3 atom stereocenters. The van der Waals surface area contributed by atoms with Crippen LogP contribution >= 0.6 is 11.6 Å². The molecule has 1 unspecified atom stereocenters. The van der Waals surface area contributed by atoms with Crippen LogP contribution in [-0.4, -0.2) is 35.3 Å². The van der Waals surface area contributed by atoms with Crippen molar-refractivity contribution in [2.75, 3.05) is 13.3 Å². The number of nitrogens with one attached hydrogen (secondary N) is 1. The first-order chi connectivity index (χ1) is 21.0. The normalized spacial score (nSPS) is 21.0. The summed E-state index contributed by atoms with van der Waals surface area (Å²) in [5, 5.41) is 12.8. The lowest BCUT2D eigenvalue weighted by molar-refractivity contribution is -0.219. The summed E-state index contributed by atoms with van der Waals surface area (Å²) in [6.45, 7) is 0.606. The van der Waals surface area contributed by atoms with Crippen molar-refractivity contribution in [3.05, 3.63) is 88.1 Å². The fraction of sp³-hybridized carbons (Fsp3) is 0.500. The molecular weight excluding hydrogens is 568 g/mol. The molecule has 1 aliphatic carbocycles. The van der Waals surface area contributed by atoms with E-state index >= 15 is 0 Å². The van der Waals surface area contributed by atoms with Gasteiger partial charge in [-0.05, 0) is 47.9 Å². The maximum atomic E-state index is 12.9. The van der Waals surface area contributed by atoms with Crippen LogP contribution in [0.4, 0.5) is 0 Å². The summed E-state index contributed by atoms with van der Waals surface area (Å²) < 4.78 is 18.1. The Morgan fingerprint density at radius 2 is 1.70 bits per heavy atom. The van der Waals surface area contributed by atoms with Gasteiger partial charge in [-0.1, -0.05) is 99.0 Å². The number of carbonyl (C=O) groups excluding carboxylic acids is 1. The van der Waals surface area contributed by atoms with Crippen LogP contribution in [0.3, 0.4) is 0 Å². The van der Waals surface area contributed by atoms with Crippen LogP contribution in [-0.2, 0) is 27.1 Å². The second-order valence-electron chi connectivity index (χ2n) is 11.7. The lowest BCUT2D eigenvalue weighted by Gasteiger charge is -2.37. The average molecular weight is 609 g/mol. The predicted molar refractivity (Wildman–Crippen MR) is 163 cm³/mol. The molecule has 230 valence electrons. The third kappa shape index (κ3) is 8.46. The quantitative estimate of drug-likeness (QED) is 0.194. The van der Waals surface area contributed by atoms with E-state index in [4.69, 9.17) is 25.5 Å². The van der Waals surface area contributed by atoms with E-state index in [1.165, 1.54) is 44.8 Å². The molecule has 2 N–H and O–H groups in total. The average Bonchev–Trinajstić information content (AvgIpc) is 3.52. The number of aromatic nitrogens is 1. The largest absolute Gasteiger partial charge is 0.481 e. The van der Waals surface area contributed by atoms with Gasteiger partial charge in [0.2, 0.25) is 5.89 Å². The summed E-state index contributed by atoms with van der Waals surface area (Å²) in [5.74, 6) is -0.280. The van der Waals surface area contributed by atoms with Gasteiger partial charge in [0.1, 0.15) is 19.2 Å². The summed E-state index contributed by atoms with van der Waals surface area (Å²) in [7, 11) is 0. The van der Waals surface area contributed by atoms with Crippen LogP contribution in [0.25, 0.3) is 0 Å². The zero-order valence-electron chi connectivity index (χ0n) is 24.5. The number of benzene rings is 2. The Bertz CT molecular complexity index is 1350. The van der Waals surface area contributed by atoms with Crippen LogP contribution in [0.2, 0.25) is 5.02 Å². The summed E-state index contributed by atoms with van der Waals surface area (Å²) in [6.07, 6.45) is 11.3. The first-order valence-corrected chi connectivity index (χ1v) is 15.9. The molecule has 2 heterocycles. The second kappa shape index (κ2) is 15.5. The van der Waals surface area contributed by atoms with E-state index in [9.17, 15) is 14.7 Å². The van der Waals surface area contributed by atoms with Gasteiger partial charge >= 0.3 is 5.97 Å². The Morgan fingerprint density at radius 1 is 0.953 bits per heavy atom. The van der Waals surface area contributed by atoms with Crippen molar-refractivity contribution in [1.29, 1.82) is 0 Å². The standard InChI is InChI=1S/C34H41ClN2O6/c35-28-16-7-6-15-26(28)31-27(20-25-14-5-4-13-24(25)17-18-30(38)39)32(43-22-42-31)34-37-29(21-41-34)33(40)36-19-9-8-12-23-10-2-1-3-11-23/h4-7,13-16,21,23,27,31-32H,1-3,8-12,17-20,22H2,(H,36,40)(H,38,39)/t27-,31+,32?/m1/s1. The topological polar surface area (TPSA) is 111 Å². The molecule has 0 radical (unpaired) electrons. The maximum absolute atomic E-state index is 12.9. The van der Waals surface area contributed by atoms with Crippen LogP contribution < -0.4 is 5.32 Å². The van der Waals surface area contributed by atoms with Gasteiger partial charge in [0.05, 0.1) is 6.10 Å². The van der Waals surface area contributed by atoms with Crippen LogP contribution in [0.1, 0.15) is 103 Å². The molecule has 3 aromatic rings. The highest BCUT2D eigenvalue weighted by atomic mass is 35.5. The molecule has 0 bridgehead atoms. The van der Waals surface area contributed by atoms with Crippen molar-refractivity contribution in [3.8, 4) is 0 Å². The number of amides is 1. The van der Waals surface area contributed by atoms with Crippen LogP contribution in [0.15, 0.2) is 59.2 Å². The number of rotatable bonds is 13. The van der Waals surface area contributed by atoms with Gasteiger partial charge in [-0.2, -0.15) is 0 Å². The van der Waals surface area contributed by atoms with Gasteiger partial charge in [-0.15, -0.1) is 0 Å². The smallest absolute Gasteiger partial charge is 0.303 e. The van der Waals surface area contributed by atoms with Gasteiger partial charge < -0.3 is 24.3 Å². The first-order valence-electron chi connectivity index (χ1n) is 15.5. The number of hydrogen-bond acceptors (Lipinski definition) is 6. The predicted octanol–water partition coefficient (Wildman–Crippen LogP) is 7.47. The van der Waals surface area contributed by atoms with Crippen molar-refractivity contribution < 1.29 is 28.6 Å². The van der Waals surface area contributed by atoms with E-state index < -0.39 is 18.2 Å². The van der Waals surface area contributed by atoms with Gasteiger partial charge in [0.15, 0.2) is 5.69 Å². The molecule has 1 saturated carbocycles. The van der Waals surface area contributed by atoms with E-state index in [2.05, 4.69) is 10.3 Å². The summed E-state index contributed by atoms with van der Waals surface area (Å²) in [4.78, 5) is 28.8. The van der Waals surface area contributed by atoms with Crippen molar-refractivity contribution in [2.45, 2.75) is 82.8 Å². The van der Waals surface area contributed by atoms with Gasteiger partial charge in [0.25, 0.3) is 5.91 Å². The monoisotopic (exact) mass is 608 g/mol. The third-order valence-corrected chi connectivity index (χ3v) is 9.06. The van der Waals surface area contributed by atoms with E-state index in [1.54, 1.807) is 0 Å². The number of oxazole rings is 1. The highest BCUT2D eigenvalue weighted by Gasteiger charge is 2.41. The van der Waals surface area contributed by atoms with Crippen molar-refractivity contribution in [1.82, 2.24) is 10.3 Å². The molecule has 0 spiro atoms. The zero-order valence-corrected chi connectivity index (χ0v) is 25.3. The number of carbonyl (C=O) groups is 2. The highest BCUT2D eigenvalue weighted by Crippen LogP contribution is 2.45. The van der Waals surface area contributed by atoms with E-state index in [0.717, 1.165) is 35.4 Å². The molecule has 1 amide bonds. The minimum Gasteiger partial charge on any atom is -0.481 e. The minimum absolute atomic E-state index is 0.00260. The number of aryl methyl sites for hydroxylation is 1. The van der Waals surface area contributed by atoms with Gasteiger partial charge in [-0.3, -0.25) is 9.59 Å². The summed E-state index contributed by atoms with van der Waals surface area (Å²) in [5.41, 5.74) is 2.97. The Morgan fingerprint density at radius 3 is 2.49 bits per heavy atom. The number of carboxylic acid groups (broad SMARTS) is 1. The van der Waals surface area contributed by atoms with Crippen molar-refractivity contribution >= 4 is 23.5 Å². The molecule has 43 heavy (non-hydrogen) atoms.